The first-order valence-corrected chi connectivity index (χ1v) is 9.91. The van der Waals surface area contributed by atoms with Gasteiger partial charge in [0.05, 0.1) is 17.7 Å². The predicted octanol–water partition coefficient (Wildman–Crippen LogP) is 3.97. The molecule has 0 spiro atoms. The van der Waals surface area contributed by atoms with Crippen molar-refractivity contribution in [1.29, 1.82) is 0 Å². The Hall–Kier alpha value is -2.61. The van der Waals surface area contributed by atoms with E-state index < -0.39 is 15.9 Å². The molecule has 27 heavy (non-hydrogen) atoms. The van der Waals surface area contributed by atoms with Crippen LogP contribution in [0.15, 0.2) is 70.2 Å². The molecule has 0 fully saturated rings. The van der Waals surface area contributed by atoms with Gasteiger partial charge in [-0.25, -0.2) is 13.1 Å². The van der Waals surface area contributed by atoms with Gasteiger partial charge in [0.1, 0.15) is 5.76 Å². The lowest BCUT2D eigenvalue weighted by atomic mass is 10.1. The second-order valence-corrected chi connectivity index (χ2v) is 7.97. The zero-order valence-electron chi connectivity index (χ0n) is 14.4. The Balaban J connectivity index is 1.78. The number of sulfonamides is 1. The zero-order chi connectivity index (χ0) is 19.4. The van der Waals surface area contributed by atoms with Gasteiger partial charge in [-0.3, -0.25) is 4.79 Å². The molecule has 8 heteroatoms. The highest BCUT2D eigenvalue weighted by Gasteiger charge is 2.17. The van der Waals surface area contributed by atoms with Gasteiger partial charge >= 0.3 is 0 Å². The highest BCUT2D eigenvalue weighted by Crippen LogP contribution is 2.23. The highest BCUT2D eigenvalue weighted by atomic mass is 35.5. The van der Waals surface area contributed by atoms with Crippen molar-refractivity contribution in [1.82, 2.24) is 4.72 Å². The second-order valence-electron chi connectivity index (χ2n) is 5.80. The van der Waals surface area contributed by atoms with Crippen LogP contribution in [0.2, 0.25) is 5.02 Å². The van der Waals surface area contributed by atoms with Gasteiger partial charge in [-0.2, -0.15) is 0 Å². The summed E-state index contributed by atoms with van der Waals surface area (Å²) in [5, 5.41) is 3.28. The summed E-state index contributed by atoms with van der Waals surface area (Å²) in [6.45, 7) is 1.81. The Bertz CT molecular complexity index is 1060. The molecule has 0 unspecified atom stereocenters. The standard InChI is InChI=1S/C19H17ClN2O4S/c1-13-17(20)8-3-9-18(13)22-19(23)14-5-2-7-16(11-14)27(24,25)21-12-15-6-4-10-26-15/h2-11,21H,12H2,1H3,(H,22,23). The molecule has 1 amide bonds. The molecule has 0 aliphatic rings. The van der Waals surface area contributed by atoms with Crippen molar-refractivity contribution in [3.05, 3.63) is 82.8 Å². The van der Waals surface area contributed by atoms with Crippen LogP contribution in [0.3, 0.4) is 0 Å². The number of rotatable bonds is 6. The summed E-state index contributed by atoms with van der Waals surface area (Å²) in [6.07, 6.45) is 1.46. The number of anilines is 1. The number of amides is 1. The van der Waals surface area contributed by atoms with Crippen molar-refractivity contribution in [3.63, 3.8) is 0 Å². The lowest BCUT2D eigenvalue weighted by Gasteiger charge is -2.11. The highest BCUT2D eigenvalue weighted by molar-refractivity contribution is 7.89. The molecule has 2 N–H and O–H groups in total. The molecule has 140 valence electrons. The van der Waals surface area contributed by atoms with E-state index in [-0.39, 0.29) is 17.0 Å². The first-order valence-electron chi connectivity index (χ1n) is 8.05. The maximum absolute atomic E-state index is 12.5. The molecule has 0 bridgehead atoms. The Labute approximate surface area is 162 Å². The first-order chi connectivity index (χ1) is 12.9. The minimum absolute atomic E-state index is 0.00970. The van der Waals surface area contributed by atoms with Crippen molar-refractivity contribution in [2.45, 2.75) is 18.4 Å². The van der Waals surface area contributed by atoms with Crippen molar-refractivity contribution in [2.75, 3.05) is 5.32 Å². The SMILES string of the molecule is Cc1c(Cl)cccc1NC(=O)c1cccc(S(=O)(=O)NCc2ccco2)c1. The fourth-order valence-electron chi connectivity index (χ4n) is 2.40. The van der Waals surface area contributed by atoms with E-state index in [9.17, 15) is 13.2 Å². The summed E-state index contributed by atoms with van der Waals surface area (Å²) in [5.41, 5.74) is 1.52. The fraction of sp³-hybridized carbons (Fsp3) is 0.105. The van der Waals surface area contributed by atoms with Crippen LogP contribution in [0, 0.1) is 6.92 Å². The number of halogens is 1. The van der Waals surface area contributed by atoms with Crippen LogP contribution >= 0.6 is 11.6 Å². The van der Waals surface area contributed by atoms with E-state index >= 15 is 0 Å². The van der Waals surface area contributed by atoms with Gasteiger partial charge in [0.25, 0.3) is 5.91 Å². The summed E-state index contributed by atoms with van der Waals surface area (Å²) in [6, 6.07) is 14.3. The number of benzene rings is 2. The molecule has 0 saturated heterocycles. The van der Waals surface area contributed by atoms with E-state index in [1.807, 2.05) is 0 Å². The third-order valence-corrected chi connectivity index (χ3v) is 5.75. The van der Waals surface area contributed by atoms with Gasteiger partial charge in [0.2, 0.25) is 10.0 Å². The number of carbonyl (C=O) groups excluding carboxylic acids is 1. The summed E-state index contributed by atoms with van der Waals surface area (Å²) >= 11 is 6.06. The van der Waals surface area contributed by atoms with Crippen LogP contribution in [-0.2, 0) is 16.6 Å². The van der Waals surface area contributed by atoms with Gasteiger partial charge in [-0.15, -0.1) is 0 Å². The molecule has 6 nitrogen and oxygen atoms in total. The first kappa shape index (κ1) is 19.2. The molecule has 0 aliphatic carbocycles. The molecule has 3 rings (SSSR count). The van der Waals surface area contributed by atoms with Crippen LogP contribution in [0.4, 0.5) is 5.69 Å². The Kier molecular flexibility index (Phi) is 5.65. The van der Waals surface area contributed by atoms with E-state index in [0.29, 0.717) is 16.5 Å². The third kappa shape index (κ3) is 4.57. The number of hydrogen-bond acceptors (Lipinski definition) is 4. The average Bonchev–Trinajstić information content (AvgIpc) is 3.18. The Morgan fingerprint density at radius 2 is 1.89 bits per heavy atom. The summed E-state index contributed by atoms with van der Waals surface area (Å²) in [7, 11) is -3.79. The van der Waals surface area contributed by atoms with Gasteiger partial charge < -0.3 is 9.73 Å². The van der Waals surface area contributed by atoms with Crippen LogP contribution in [0.1, 0.15) is 21.7 Å². The lowest BCUT2D eigenvalue weighted by Crippen LogP contribution is -2.23. The summed E-state index contributed by atoms with van der Waals surface area (Å²) < 4.78 is 32.5. The fourth-order valence-corrected chi connectivity index (χ4v) is 3.62. The molecule has 1 aromatic heterocycles. The predicted molar refractivity (Wildman–Crippen MR) is 103 cm³/mol. The molecular weight excluding hydrogens is 388 g/mol. The van der Waals surface area contributed by atoms with E-state index in [1.54, 1.807) is 43.3 Å². The Morgan fingerprint density at radius 1 is 1.11 bits per heavy atom. The monoisotopic (exact) mass is 404 g/mol. The van der Waals surface area contributed by atoms with Crippen molar-refractivity contribution in [2.24, 2.45) is 0 Å². The Morgan fingerprint density at radius 3 is 2.63 bits per heavy atom. The normalized spacial score (nSPS) is 11.3. The third-order valence-electron chi connectivity index (χ3n) is 3.94. The largest absolute Gasteiger partial charge is 0.468 e. The maximum atomic E-state index is 12.5. The smallest absolute Gasteiger partial charge is 0.255 e. The molecular formula is C19H17ClN2O4S. The lowest BCUT2D eigenvalue weighted by molar-refractivity contribution is 0.102. The summed E-state index contributed by atoms with van der Waals surface area (Å²) in [5.74, 6) is 0.0624. The van der Waals surface area contributed by atoms with E-state index in [0.717, 1.165) is 5.56 Å². The van der Waals surface area contributed by atoms with Gasteiger partial charge in [-0.1, -0.05) is 23.7 Å². The van der Waals surface area contributed by atoms with Crippen LogP contribution in [-0.4, -0.2) is 14.3 Å². The number of nitrogens with one attached hydrogen (secondary N) is 2. The van der Waals surface area contributed by atoms with E-state index in [1.165, 1.54) is 24.5 Å². The number of furan rings is 1. The molecule has 1 heterocycles. The molecule has 2 aromatic carbocycles. The topological polar surface area (TPSA) is 88.4 Å². The molecule has 0 aliphatic heterocycles. The van der Waals surface area contributed by atoms with Crippen LogP contribution in [0.5, 0.6) is 0 Å². The minimum Gasteiger partial charge on any atom is -0.468 e. The maximum Gasteiger partial charge on any atom is 0.255 e. The van der Waals surface area contributed by atoms with E-state index in [4.69, 9.17) is 16.0 Å². The average molecular weight is 405 g/mol. The van der Waals surface area contributed by atoms with Gasteiger partial charge in [0.15, 0.2) is 0 Å². The van der Waals surface area contributed by atoms with Gasteiger partial charge in [0, 0.05) is 16.3 Å². The number of carbonyl (C=O) groups is 1. The molecule has 0 radical (unpaired) electrons. The van der Waals surface area contributed by atoms with Crippen molar-refractivity contribution in [3.8, 4) is 0 Å². The van der Waals surface area contributed by atoms with Crippen LogP contribution < -0.4 is 10.0 Å². The molecule has 0 atom stereocenters. The van der Waals surface area contributed by atoms with Gasteiger partial charge in [-0.05, 0) is 55.0 Å². The quantitative estimate of drug-likeness (QED) is 0.650. The molecule has 0 saturated carbocycles. The molecule has 3 aromatic rings. The van der Waals surface area contributed by atoms with Crippen molar-refractivity contribution < 1.29 is 17.6 Å². The minimum atomic E-state index is -3.79. The van der Waals surface area contributed by atoms with E-state index in [2.05, 4.69) is 10.0 Å². The summed E-state index contributed by atoms with van der Waals surface area (Å²) in [4.78, 5) is 12.5. The second kappa shape index (κ2) is 7.96. The zero-order valence-corrected chi connectivity index (χ0v) is 16.0. The van der Waals surface area contributed by atoms with Crippen molar-refractivity contribution >= 4 is 33.2 Å². The van der Waals surface area contributed by atoms with Crippen LogP contribution in [0.25, 0.3) is 0 Å². The number of hydrogen-bond donors (Lipinski definition) is 2.